The van der Waals surface area contributed by atoms with Gasteiger partial charge in [-0.15, -0.1) is 11.3 Å². The van der Waals surface area contributed by atoms with E-state index >= 15 is 0 Å². The van der Waals surface area contributed by atoms with Crippen molar-refractivity contribution in [2.75, 3.05) is 7.05 Å². The molecule has 6 nitrogen and oxygen atoms in total. The average molecular weight is 267 g/mol. The normalized spacial score (nSPS) is 19.6. The third-order valence-corrected chi connectivity index (χ3v) is 3.78. The van der Waals surface area contributed by atoms with E-state index in [4.69, 9.17) is 5.73 Å². The number of likely N-dealkylation sites (N-methyl/N-ethyl adjacent to an activating group) is 1. The summed E-state index contributed by atoms with van der Waals surface area (Å²) >= 11 is 1.39. The largest absolute Gasteiger partial charge is 0.366 e. The van der Waals surface area contributed by atoms with Crippen molar-refractivity contribution >= 4 is 29.1 Å². The summed E-state index contributed by atoms with van der Waals surface area (Å²) in [7, 11) is 1.47. The Morgan fingerprint density at radius 3 is 2.83 bits per heavy atom. The molecule has 1 atom stereocenters. The number of nitrogens with two attached hydrogens (primary N) is 1. The molecule has 1 aliphatic heterocycles. The summed E-state index contributed by atoms with van der Waals surface area (Å²) in [5.74, 6) is -0.863. The third kappa shape index (κ3) is 2.41. The van der Waals surface area contributed by atoms with Gasteiger partial charge in [-0.3, -0.25) is 19.3 Å². The highest BCUT2D eigenvalue weighted by atomic mass is 32.1. The molecule has 3 N–H and O–H groups in total. The zero-order valence-corrected chi connectivity index (χ0v) is 10.6. The van der Waals surface area contributed by atoms with Crippen molar-refractivity contribution in [3.05, 3.63) is 21.9 Å². The highest BCUT2D eigenvalue weighted by Gasteiger charge is 2.35. The molecule has 7 heteroatoms. The number of hydrogen-bond acceptors (Lipinski definition) is 5. The monoisotopic (exact) mass is 267 g/mol. The van der Waals surface area contributed by atoms with Crippen molar-refractivity contribution in [2.24, 2.45) is 5.73 Å². The van der Waals surface area contributed by atoms with Crippen LogP contribution in [0.3, 0.4) is 0 Å². The molecule has 2 rings (SSSR count). The van der Waals surface area contributed by atoms with Crippen molar-refractivity contribution in [3.63, 3.8) is 0 Å². The van der Waals surface area contributed by atoms with Crippen LogP contribution in [0.15, 0.2) is 11.4 Å². The number of amides is 3. The molecule has 1 aromatic rings. The fourth-order valence-electron chi connectivity index (χ4n) is 1.74. The summed E-state index contributed by atoms with van der Waals surface area (Å²) < 4.78 is 0. The first-order valence-corrected chi connectivity index (χ1v) is 6.28. The zero-order chi connectivity index (χ0) is 13.3. The minimum absolute atomic E-state index is 0.179. The fraction of sp³-hybridized carbons (Fsp3) is 0.364. The van der Waals surface area contributed by atoms with Crippen molar-refractivity contribution in [3.8, 4) is 0 Å². The first kappa shape index (κ1) is 12.7. The van der Waals surface area contributed by atoms with Gasteiger partial charge in [0.15, 0.2) is 0 Å². The molecule has 3 amide bonds. The van der Waals surface area contributed by atoms with Crippen LogP contribution in [0.5, 0.6) is 0 Å². The predicted molar refractivity (Wildman–Crippen MR) is 65.9 cm³/mol. The number of carbonyl (C=O) groups excluding carboxylic acids is 3. The molecule has 0 spiro atoms. The van der Waals surface area contributed by atoms with Crippen LogP contribution < -0.4 is 11.1 Å². The first-order valence-electron chi connectivity index (χ1n) is 5.40. The van der Waals surface area contributed by atoms with E-state index in [0.29, 0.717) is 12.1 Å². The summed E-state index contributed by atoms with van der Waals surface area (Å²) in [5, 5.41) is 4.68. The van der Waals surface area contributed by atoms with Crippen LogP contribution in [0.25, 0.3) is 0 Å². The first-order chi connectivity index (χ1) is 8.49. The van der Waals surface area contributed by atoms with Gasteiger partial charge in [-0.1, -0.05) is 0 Å². The molecular formula is C11H13N3O3S. The van der Waals surface area contributed by atoms with E-state index in [1.54, 1.807) is 11.4 Å². The van der Waals surface area contributed by atoms with Gasteiger partial charge in [-0.05, 0) is 6.07 Å². The Labute approximate surface area is 108 Å². The lowest BCUT2D eigenvalue weighted by atomic mass is 10.2. The molecule has 1 saturated heterocycles. The van der Waals surface area contributed by atoms with Crippen molar-refractivity contribution in [1.29, 1.82) is 0 Å². The minimum Gasteiger partial charge on any atom is -0.366 e. The number of imide groups is 1. The molecule has 0 aromatic carbocycles. The maximum absolute atomic E-state index is 11.6. The summed E-state index contributed by atoms with van der Waals surface area (Å²) in [6, 6.07) is 1.21. The number of nitrogens with zero attached hydrogens (tertiary/aromatic N) is 1. The minimum atomic E-state index is -0.471. The number of carbonyl (C=O) groups is 3. The smallest absolute Gasteiger partial charge is 0.249 e. The maximum atomic E-state index is 11.6. The Hall–Kier alpha value is -1.73. The van der Waals surface area contributed by atoms with Crippen LogP contribution in [0, 0.1) is 0 Å². The van der Waals surface area contributed by atoms with E-state index in [-0.39, 0.29) is 18.2 Å². The van der Waals surface area contributed by atoms with E-state index < -0.39 is 11.9 Å². The molecule has 0 aliphatic carbocycles. The number of primary amides is 1. The second-order valence-electron chi connectivity index (χ2n) is 4.09. The second kappa shape index (κ2) is 4.87. The Bertz CT molecular complexity index is 511. The van der Waals surface area contributed by atoms with Gasteiger partial charge in [0.05, 0.1) is 18.0 Å². The highest BCUT2D eigenvalue weighted by Crippen LogP contribution is 2.16. The molecule has 1 aliphatic rings. The molecule has 1 unspecified atom stereocenters. The van der Waals surface area contributed by atoms with E-state index in [1.165, 1.54) is 18.4 Å². The zero-order valence-electron chi connectivity index (χ0n) is 9.80. The maximum Gasteiger partial charge on any atom is 0.249 e. The molecule has 1 fully saturated rings. The number of nitrogens with one attached hydrogen (secondary N) is 1. The van der Waals surface area contributed by atoms with Crippen LogP contribution in [-0.4, -0.2) is 35.7 Å². The van der Waals surface area contributed by atoms with Crippen LogP contribution in [0.4, 0.5) is 0 Å². The van der Waals surface area contributed by atoms with Crippen LogP contribution >= 0.6 is 11.3 Å². The second-order valence-corrected chi connectivity index (χ2v) is 5.09. The van der Waals surface area contributed by atoms with E-state index in [2.05, 4.69) is 5.32 Å². The van der Waals surface area contributed by atoms with Gasteiger partial charge in [0, 0.05) is 23.8 Å². The number of hydrogen-bond donors (Lipinski definition) is 2. The Morgan fingerprint density at radius 2 is 2.33 bits per heavy atom. The Balaban J connectivity index is 1.94. The fourth-order valence-corrected chi connectivity index (χ4v) is 2.57. The molecule has 96 valence electrons. The van der Waals surface area contributed by atoms with Crippen LogP contribution in [-0.2, 0) is 16.1 Å². The van der Waals surface area contributed by atoms with Crippen LogP contribution in [0.2, 0.25) is 0 Å². The lowest BCUT2D eigenvalue weighted by Crippen LogP contribution is -2.36. The molecular weight excluding hydrogens is 254 g/mol. The van der Waals surface area contributed by atoms with Gasteiger partial charge in [-0.25, -0.2) is 0 Å². The summed E-state index contributed by atoms with van der Waals surface area (Å²) in [6.45, 7) is 0.440. The highest BCUT2D eigenvalue weighted by molar-refractivity contribution is 7.10. The van der Waals surface area contributed by atoms with Crippen molar-refractivity contribution in [1.82, 2.24) is 10.2 Å². The quantitative estimate of drug-likeness (QED) is 0.732. The standard InChI is InChI=1S/C11H13N3O3S/c1-14-9(15)3-8(11(14)17)13-4-7-2-6(5-18-7)10(12)16/h2,5,8,13H,3-4H2,1H3,(H2,12,16). The molecule has 2 heterocycles. The third-order valence-electron chi connectivity index (χ3n) is 2.84. The SMILES string of the molecule is CN1C(=O)CC(NCc2cc(C(N)=O)cs2)C1=O. The molecule has 0 radical (unpaired) electrons. The molecule has 0 saturated carbocycles. The van der Waals surface area contributed by atoms with Gasteiger partial charge >= 0.3 is 0 Å². The summed E-state index contributed by atoms with van der Waals surface area (Å²) in [6.07, 6.45) is 0.184. The molecule has 1 aromatic heterocycles. The molecule has 18 heavy (non-hydrogen) atoms. The average Bonchev–Trinajstić information content (AvgIpc) is 2.88. The topological polar surface area (TPSA) is 92.5 Å². The number of thiophene rings is 1. The molecule has 0 bridgehead atoms. The van der Waals surface area contributed by atoms with Crippen LogP contribution in [0.1, 0.15) is 21.7 Å². The van der Waals surface area contributed by atoms with E-state index in [1.807, 2.05) is 0 Å². The predicted octanol–water partition coefficient (Wildman–Crippen LogP) is -0.306. The van der Waals surface area contributed by atoms with Gasteiger partial charge < -0.3 is 11.1 Å². The van der Waals surface area contributed by atoms with Gasteiger partial charge in [0.2, 0.25) is 17.7 Å². The summed E-state index contributed by atoms with van der Waals surface area (Å²) in [5.41, 5.74) is 5.61. The number of likely N-dealkylation sites (tertiary alicyclic amines) is 1. The van der Waals surface area contributed by atoms with Gasteiger partial charge in [0.1, 0.15) is 0 Å². The van der Waals surface area contributed by atoms with Crippen molar-refractivity contribution < 1.29 is 14.4 Å². The lowest BCUT2D eigenvalue weighted by Gasteiger charge is -2.09. The van der Waals surface area contributed by atoms with E-state index in [9.17, 15) is 14.4 Å². The van der Waals surface area contributed by atoms with Gasteiger partial charge in [0.25, 0.3) is 0 Å². The van der Waals surface area contributed by atoms with E-state index in [0.717, 1.165) is 9.78 Å². The summed E-state index contributed by atoms with van der Waals surface area (Å²) in [4.78, 5) is 35.9. The van der Waals surface area contributed by atoms with Gasteiger partial charge in [-0.2, -0.15) is 0 Å². The Morgan fingerprint density at radius 1 is 1.61 bits per heavy atom. The number of rotatable bonds is 4. The lowest BCUT2D eigenvalue weighted by molar-refractivity contribution is -0.137. The van der Waals surface area contributed by atoms with Crippen molar-refractivity contribution in [2.45, 2.75) is 19.0 Å². The Kier molecular flexibility index (Phi) is 3.44.